The Morgan fingerprint density at radius 2 is 1.63 bits per heavy atom. The minimum absolute atomic E-state index is 0.00378. The van der Waals surface area contributed by atoms with Crippen LogP contribution in [-0.4, -0.2) is 58.9 Å². The monoisotopic (exact) mass is 700 g/mol. The lowest BCUT2D eigenvalue weighted by atomic mass is 9.95. The van der Waals surface area contributed by atoms with E-state index in [2.05, 4.69) is 70.8 Å². The molecule has 1 aromatic heterocycles. The number of hydrogen-bond acceptors (Lipinski definition) is 9. The summed E-state index contributed by atoms with van der Waals surface area (Å²) in [6.45, 7) is 6.86. The molecule has 4 amide bonds. The average Bonchev–Trinajstić information content (AvgIpc) is 3.82. The number of rotatable bonds is 7. The Morgan fingerprint density at radius 3 is 2.25 bits per heavy atom. The molecule has 8 rings (SSSR count). The van der Waals surface area contributed by atoms with Crippen LogP contribution >= 0.6 is 0 Å². The number of nitrogens with one attached hydrogen (secondary N) is 1. The fourth-order valence-electron chi connectivity index (χ4n) is 8.08. The van der Waals surface area contributed by atoms with E-state index in [0.717, 1.165) is 68.9 Å². The number of nitriles is 1. The van der Waals surface area contributed by atoms with Crippen LogP contribution in [0.5, 0.6) is 0 Å². The largest absolute Gasteiger partial charge is 0.369 e. The lowest BCUT2D eigenvalue weighted by Crippen LogP contribution is -2.54. The van der Waals surface area contributed by atoms with Crippen LogP contribution < -0.4 is 15.1 Å². The number of imide groups is 2. The van der Waals surface area contributed by atoms with Crippen molar-refractivity contribution >= 4 is 40.7 Å². The van der Waals surface area contributed by atoms with Crippen LogP contribution in [0.15, 0.2) is 59.1 Å². The van der Waals surface area contributed by atoms with Gasteiger partial charge in [-0.25, -0.2) is 4.39 Å². The fraction of sp³-hybridized carbons (Fsp3) is 0.350. The third kappa shape index (κ3) is 5.43. The van der Waals surface area contributed by atoms with Gasteiger partial charge in [-0.3, -0.25) is 29.4 Å². The summed E-state index contributed by atoms with van der Waals surface area (Å²) in [5, 5.41) is 16.2. The highest BCUT2D eigenvalue weighted by molar-refractivity contribution is 6.23. The number of carbonyl (C=O) groups excluding carboxylic acids is 4. The van der Waals surface area contributed by atoms with E-state index < -0.39 is 40.9 Å². The van der Waals surface area contributed by atoms with Crippen LogP contribution in [0.25, 0.3) is 11.1 Å². The van der Waals surface area contributed by atoms with Gasteiger partial charge in [-0.05, 0) is 99.9 Å². The highest BCUT2D eigenvalue weighted by Gasteiger charge is 2.46. The summed E-state index contributed by atoms with van der Waals surface area (Å²) in [4.78, 5) is 56.0. The number of benzene rings is 3. The molecule has 0 bridgehead atoms. The van der Waals surface area contributed by atoms with Gasteiger partial charge in [0.1, 0.15) is 17.6 Å². The van der Waals surface area contributed by atoms with Crippen LogP contribution in [0.1, 0.15) is 81.8 Å². The smallest absolute Gasteiger partial charge is 0.262 e. The third-order valence-electron chi connectivity index (χ3n) is 11.1. The van der Waals surface area contributed by atoms with Gasteiger partial charge in [0.05, 0.1) is 34.0 Å². The quantitative estimate of drug-likeness (QED) is 0.224. The van der Waals surface area contributed by atoms with Crippen molar-refractivity contribution in [1.29, 1.82) is 5.26 Å². The molecule has 2 saturated heterocycles. The number of piperidine rings is 2. The number of carbonyl (C=O) groups is 4. The molecule has 3 aliphatic heterocycles. The number of anilines is 3. The first-order chi connectivity index (χ1) is 25.0. The van der Waals surface area contributed by atoms with E-state index >= 15 is 4.39 Å². The summed E-state index contributed by atoms with van der Waals surface area (Å²) < 4.78 is 21.3. The molecule has 1 saturated carbocycles. The molecule has 4 aliphatic rings. The van der Waals surface area contributed by atoms with Crippen molar-refractivity contribution in [2.75, 3.05) is 22.9 Å². The predicted molar refractivity (Wildman–Crippen MR) is 190 cm³/mol. The van der Waals surface area contributed by atoms with Crippen molar-refractivity contribution in [3.63, 3.8) is 0 Å². The van der Waals surface area contributed by atoms with Crippen LogP contribution in [0.4, 0.5) is 21.5 Å². The molecule has 1 unspecified atom stereocenters. The molecule has 0 radical (unpaired) electrons. The van der Waals surface area contributed by atoms with Gasteiger partial charge < -0.3 is 14.3 Å². The molecule has 3 fully saturated rings. The van der Waals surface area contributed by atoms with E-state index in [-0.39, 0.29) is 35.7 Å². The number of aromatic nitrogens is 1. The predicted octanol–water partition coefficient (Wildman–Crippen LogP) is 6.17. The van der Waals surface area contributed by atoms with Gasteiger partial charge in [0.2, 0.25) is 11.8 Å². The molecule has 0 spiro atoms. The summed E-state index contributed by atoms with van der Waals surface area (Å²) >= 11 is 0. The van der Waals surface area contributed by atoms with E-state index in [4.69, 9.17) is 4.52 Å². The molecule has 1 atom stereocenters. The number of fused-ring (bicyclic) bond motifs is 1. The highest BCUT2D eigenvalue weighted by atomic mass is 19.1. The minimum atomic E-state index is -1.12. The Labute approximate surface area is 300 Å². The number of hydrogen-bond donors (Lipinski definition) is 1. The van der Waals surface area contributed by atoms with Crippen LogP contribution in [0.3, 0.4) is 0 Å². The number of aryl methyl sites for hydroxylation is 3. The van der Waals surface area contributed by atoms with E-state index in [9.17, 15) is 24.4 Å². The van der Waals surface area contributed by atoms with Crippen molar-refractivity contribution in [3.8, 4) is 17.2 Å². The van der Waals surface area contributed by atoms with E-state index in [1.165, 1.54) is 6.07 Å². The van der Waals surface area contributed by atoms with Gasteiger partial charge in [-0.2, -0.15) is 5.26 Å². The van der Waals surface area contributed by atoms with E-state index in [1.807, 2.05) is 18.7 Å². The van der Waals surface area contributed by atoms with E-state index in [1.54, 1.807) is 0 Å². The maximum Gasteiger partial charge on any atom is 0.262 e. The van der Waals surface area contributed by atoms with Crippen molar-refractivity contribution < 1.29 is 28.1 Å². The Morgan fingerprint density at radius 1 is 0.942 bits per heavy atom. The summed E-state index contributed by atoms with van der Waals surface area (Å²) in [7, 11) is 0. The first-order valence-corrected chi connectivity index (χ1v) is 17.6. The second kappa shape index (κ2) is 12.4. The molecule has 1 N–H and O–H groups in total. The van der Waals surface area contributed by atoms with Crippen LogP contribution in [0, 0.1) is 37.9 Å². The highest BCUT2D eigenvalue weighted by Crippen LogP contribution is 2.48. The average molecular weight is 701 g/mol. The Bertz CT molecular complexity index is 2190. The first-order valence-electron chi connectivity index (χ1n) is 17.6. The van der Waals surface area contributed by atoms with Gasteiger partial charge in [0.15, 0.2) is 0 Å². The first kappa shape index (κ1) is 33.3. The zero-order valence-corrected chi connectivity index (χ0v) is 29.2. The zero-order chi connectivity index (χ0) is 36.5. The van der Waals surface area contributed by atoms with Gasteiger partial charge in [-0.15, -0.1) is 0 Å². The maximum absolute atomic E-state index is 15.8. The summed E-state index contributed by atoms with van der Waals surface area (Å²) in [6.07, 6.45) is 3.06. The molecular weight excluding hydrogens is 663 g/mol. The van der Waals surface area contributed by atoms with Crippen molar-refractivity contribution in [3.05, 3.63) is 94.1 Å². The normalized spacial score (nSPS) is 19.8. The topological polar surface area (TPSA) is 140 Å². The molecular formula is C40H37FN6O5. The zero-order valence-electron chi connectivity index (χ0n) is 29.2. The van der Waals surface area contributed by atoms with Gasteiger partial charge >= 0.3 is 0 Å². The van der Waals surface area contributed by atoms with Crippen molar-refractivity contribution in [2.24, 2.45) is 0 Å². The third-order valence-corrected chi connectivity index (χ3v) is 11.1. The summed E-state index contributed by atoms with van der Waals surface area (Å²) in [5.74, 6) is -2.46. The molecule has 12 heteroatoms. The summed E-state index contributed by atoms with van der Waals surface area (Å²) in [5.41, 5.74) is 6.63. The number of halogens is 1. The van der Waals surface area contributed by atoms with Gasteiger partial charge in [-0.1, -0.05) is 29.4 Å². The second-order valence-corrected chi connectivity index (χ2v) is 14.3. The van der Waals surface area contributed by atoms with Gasteiger partial charge in [0, 0.05) is 42.5 Å². The molecule has 1 aliphatic carbocycles. The minimum Gasteiger partial charge on any atom is -0.369 e. The standard InChI is InChI=1S/C40H37FN6O5/c1-22-4-5-25(36-23(2)44-52-24(36)3)18-33(22)46(27-8-6-26(7-9-27)40(21-42)14-15-40)28-12-16-45(17-13-28)34-20-30-29(19-31(34)41)38(50)47(39(30)51)32-10-11-35(48)43-37(32)49/h4-9,18-20,28,32H,10-17H2,1-3H3,(H,43,48,49). The summed E-state index contributed by atoms with van der Waals surface area (Å²) in [6, 6.07) is 18.5. The molecule has 3 aromatic carbocycles. The Hall–Kier alpha value is -5.83. The number of nitrogens with zero attached hydrogens (tertiary/aromatic N) is 5. The Balaban J connectivity index is 1.09. The molecule has 4 heterocycles. The molecule has 4 aromatic rings. The second-order valence-electron chi connectivity index (χ2n) is 14.3. The van der Waals surface area contributed by atoms with Crippen molar-refractivity contribution in [2.45, 2.75) is 76.8 Å². The molecule has 264 valence electrons. The van der Waals surface area contributed by atoms with E-state index in [0.29, 0.717) is 25.9 Å². The fourth-order valence-corrected chi connectivity index (χ4v) is 8.08. The van der Waals surface area contributed by atoms with Crippen LogP contribution in [-0.2, 0) is 15.0 Å². The number of amides is 4. The van der Waals surface area contributed by atoms with Crippen LogP contribution in [0.2, 0.25) is 0 Å². The SMILES string of the molecule is Cc1ccc(-c2c(C)noc2C)cc1N(c1ccc(C2(C#N)CC2)cc1)C1CCN(c2cc3c(cc2F)C(=O)N(C2CCC(=O)NC2=O)C3=O)CC1. The lowest BCUT2D eigenvalue weighted by molar-refractivity contribution is -0.136. The Kier molecular flexibility index (Phi) is 7.97. The molecule has 11 nitrogen and oxygen atoms in total. The molecule has 52 heavy (non-hydrogen) atoms. The maximum atomic E-state index is 15.8. The van der Waals surface area contributed by atoms with Gasteiger partial charge in [0.25, 0.3) is 11.8 Å². The van der Waals surface area contributed by atoms with Crippen molar-refractivity contribution in [1.82, 2.24) is 15.4 Å². The lowest BCUT2D eigenvalue weighted by Gasteiger charge is -2.41.